The molecule has 0 spiro atoms. The number of carbonyl (C=O) groups is 1. The average Bonchev–Trinajstić information content (AvgIpc) is 2.76. The third kappa shape index (κ3) is 3.69. The number of hydrogen-bond acceptors (Lipinski definition) is 2. The van der Waals surface area contributed by atoms with Gasteiger partial charge in [-0.25, -0.2) is 0 Å². The number of benzene rings is 1. The predicted octanol–water partition coefficient (Wildman–Crippen LogP) is 4.05. The van der Waals surface area contributed by atoms with E-state index in [0.29, 0.717) is 18.6 Å². The molecule has 0 saturated carbocycles. The highest BCUT2D eigenvalue weighted by Crippen LogP contribution is 2.18. The lowest BCUT2D eigenvalue weighted by atomic mass is 10.0. The second-order valence-corrected chi connectivity index (χ2v) is 5.47. The number of nitrogens with zero attached hydrogens (tertiary/aromatic N) is 2. The zero-order valence-electron chi connectivity index (χ0n) is 12.6. The van der Waals surface area contributed by atoms with Gasteiger partial charge in [-0.15, -0.1) is 0 Å². The number of ketones is 1. The van der Waals surface area contributed by atoms with E-state index in [0.717, 1.165) is 23.0 Å². The molecule has 0 amide bonds. The van der Waals surface area contributed by atoms with Gasteiger partial charge in [0.15, 0.2) is 0 Å². The van der Waals surface area contributed by atoms with Crippen LogP contribution in [0.4, 0.5) is 0 Å². The predicted molar refractivity (Wildman–Crippen MR) is 82.8 cm³/mol. The third-order valence-electron chi connectivity index (χ3n) is 3.76. The molecule has 0 aliphatic heterocycles. The number of rotatable bonds is 8. The van der Waals surface area contributed by atoms with Crippen molar-refractivity contribution in [3.05, 3.63) is 30.0 Å². The van der Waals surface area contributed by atoms with Crippen molar-refractivity contribution >= 4 is 16.7 Å². The first kappa shape index (κ1) is 14.8. The monoisotopic (exact) mass is 272 g/mol. The first-order valence-electron chi connectivity index (χ1n) is 7.64. The number of aromatic nitrogens is 2. The molecule has 108 valence electrons. The Bertz CT molecular complexity index is 571. The van der Waals surface area contributed by atoms with Crippen molar-refractivity contribution in [2.75, 3.05) is 0 Å². The summed E-state index contributed by atoms with van der Waals surface area (Å²) in [6, 6.07) is 8.10. The summed E-state index contributed by atoms with van der Waals surface area (Å²) in [6.45, 7) is 2.21. The van der Waals surface area contributed by atoms with Gasteiger partial charge in [-0.1, -0.05) is 50.8 Å². The summed E-state index contributed by atoms with van der Waals surface area (Å²) in [5.41, 5.74) is 2.01. The number of aryl methyl sites for hydroxylation is 1. The van der Waals surface area contributed by atoms with Crippen LogP contribution in [0.25, 0.3) is 10.9 Å². The highest BCUT2D eigenvalue weighted by molar-refractivity contribution is 5.88. The molecular weight excluding hydrogens is 248 g/mol. The Morgan fingerprint density at radius 2 is 1.90 bits per heavy atom. The Morgan fingerprint density at radius 3 is 2.70 bits per heavy atom. The van der Waals surface area contributed by atoms with Crippen molar-refractivity contribution in [1.82, 2.24) is 9.78 Å². The Balaban J connectivity index is 1.90. The maximum Gasteiger partial charge on any atom is 0.138 e. The van der Waals surface area contributed by atoms with Crippen molar-refractivity contribution in [2.45, 2.75) is 51.9 Å². The molecule has 3 nitrogen and oxygen atoms in total. The maximum absolute atomic E-state index is 12.0. The summed E-state index contributed by atoms with van der Waals surface area (Å²) < 4.78 is 1.86. The van der Waals surface area contributed by atoms with Gasteiger partial charge in [-0.2, -0.15) is 5.10 Å². The number of Topliss-reactive ketones (excluding diaryl/α,β-unsaturated/α-hetero) is 1. The van der Waals surface area contributed by atoms with Crippen molar-refractivity contribution < 1.29 is 4.79 Å². The van der Waals surface area contributed by atoms with Crippen molar-refractivity contribution in [2.24, 2.45) is 7.05 Å². The molecule has 0 atom stereocenters. The molecule has 1 aromatic carbocycles. The SMILES string of the molecule is CCCCCCCC(=O)Cc1nn(C)c2ccccc12. The van der Waals surface area contributed by atoms with Gasteiger partial charge in [0, 0.05) is 18.9 Å². The zero-order chi connectivity index (χ0) is 14.4. The van der Waals surface area contributed by atoms with Crippen LogP contribution in [0, 0.1) is 0 Å². The summed E-state index contributed by atoms with van der Waals surface area (Å²) in [5, 5.41) is 5.59. The number of hydrogen-bond donors (Lipinski definition) is 0. The van der Waals surface area contributed by atoms with E-state index in [1.54, 1.807) is 0 Å². The number of para-hydroxylation sites is 1. The molecule has 0 radical (unpaired) electrons. The van der Waals surface area contributed by atoms with Crippen molar-refractivity contribution in [3.63, 3.8) is 0 Å². The first-order chi connectivity index (χ1) is 9.72. The molecule has 0 aliphatic rings. The zero-order valence-corrected chi connectivity index (χ0v) is 12.6. The average molecular weight is 272 g/mol. The minimum absolute atomic E-state index is 0.311. The van der Waals surface area contributed by atoms with Crippen LogP contribution in [-0.2, 0) is 18.3 Å². The van der Waals surface area contributed by atoms with Crippen LogP contribution in [0.5, 0.6) is 0 Å². The number of carbonyl (C=O) groups excluding carboxylic acids is 1. The van der Waals surface area contributed by atoms with Crippen LogP contribution in [0.1, 0.15) is 51.1 Å². The fourth-order valence-electron chi connectivity index (χ4n) is 2.62. The molecule has 0 bridgehead atoms. The van der Waals surface area contributed by atoms with Crippen molar-refractivity contribution in [1.29, 1.82) is 0 Å². The molecule has 0 fully saturated rings. The minimum Gasteiger partial charge on any atom is -0.299 e. The molecule has 1 heterocycles. The molecule has 20 heavy (non-hydrogen) atoms. The van der Waals surface area contributed by atoms with E-state index in [-0.39, 0.29) is 0 Å². The van der Waals surface area contributed by atoms with E-state index < -0.39 is 0 Å². The Hall–Kier alpha value is -1.64. The Morgan fingerprint density at radius 1 is 1.15 bits per heavy atom. The Kier molecular flexibility index (Phi) is 5.33. The largest absolute Gasteiger partial charge is 0.299 e. The van der Waals surface area contributed by atoms with E-state index in [1.807, 2.05) is 36.0 Å². The normalized spacial score (nSPS) is 11.1. The second-order valence-electron chi connectivity index (χ2n) is 5.47. The minimum atomic E-state index is 0.311. The van der Waals surface area contributed by atoms with Crippen LogP contribution >= 0.6 is 0 Å². The molecule has 2 rings (SSSR count). The summed E-state index contributed by atoms with van der Waals surface area (Å²) in [5.74, 6) is 0.311. The Labute approximate surface area is 121 Å². The van der Waals surface area contributed by atoms with Crippen LogP contribution in [0.3, 0.4) is 0 Å². The van der Waals surface area contributed by atoms with Crippen LogP contribution < -0.4 is 0 Å². The second kappa shape index (κ2) is 7.22. The van der Waals surface area contributed by atoms with Crippen LogP contribution in [-0.4, -0.2) is 15.6 Å². The van der Waals surface area contributed by atoms with Gasteiger partial charge in [0.2, 0.25) is 0 Å². The highest BCUT2D eigenvalue weighted by Gasteiger charge is 2.11. The number of fused-ring (bicyclic) bond motifs is 1. The van der Waals surface area contributed by atoms with Gasteiger partial charge >= 0.3 is 0 Å². The molecule has 2 aromatic rings. The third-order valence-corrected chi connectivity index (χ3v) is 3.76. The van der Waals surface area contributed by atoms with E-state index in [9.17, 15) is 4.79 Å². The fourth-order valence-corrected chi connectivity index (χ4v) is 2.62. The van der Waals surface area contributed by atoms with Gasteiger partial charge in [0.1, 0.15) is 5.78 Å². The number of unbranched alkanes of at least 4 members (excludes halogenated alkanes) is 4. The lowest BCUT2D eigenvalue weighted by Crippen LogP contribution is -2.04. The summed E-state index contributed by atoms with van der Waals surface area (Å²) in [6.07, 6.45) is 7.11. The van der Waals surface area contributed by atoms with E-state index in [1.165, 1.54) is 25.7 Å². The van der Waals surface area contributed by atoms with Gasteiger partial charge < -0.3 is 0 Å². The lowest BCUT2D eigenvalue weighted by molar-refractivity contribution is -0.118. The molecule has 3 heteroatoms. The van der Waals surface area contributed by atoms with Gasteiger partial charge in [0.25, 0.3) is 0 Å². The van der Waals surface area contributed by atoms with Gasteiger partial charge in [-0.05, 0) is 12.5 Å². The summed E-state index contributed by atoms with van der Waals surface area (Å²) in [7, 11) is 1.93. The summed E-state index contributed by atoms with van der Waals surface area (Å²) in [4.78, 5) is 12.0. The molecule has 0 aliphatic carbocycles. The molecule has 0 unspecified atom stereocenters. The van der Waals surface area contributed by atoms with E-state index in [2.05, 4.69) is 12.0 Å². The smallest absolute Gasteiger partial charge is 0.138 e. The molecule has 0 saturated heterocycles. The first-order valence-corrected chi connectivity index (χ1v) is 7.64. The topological polar surface area (TPSA) is 34.9 Å². The fraction of sp³-hybridized carbons (Fsp3) is 0.529. The summed E-state index contributed by atoms with van der Waals surface area (Å²) >= 11 is 0. The van der Waals surface area contributed by atoms with E-state index >= 15 is 0 Å². The van der Waals surface area contributed by atoms with Gasteiger partial charge in [0.05, 0.1) is 17.6 Å². The standard InChI is InChI=1S/C17H24N2O/c1-3-4-5-6-7-10-14(20)13-16-15-11-8-9-12-17(15)19(2)18-16/h8-9,11-12H,3-7,10,13H2,1-2H3. The maximum atomic E-state index is 12.0. The quantitative estimate of drug-likeness (QED) is 0.680. The molecule has 1 aromatic heterocycles. The van der Waals surface area contributed by atoms with Crippen LogP contribution in [0.15, 0.2) is 24.3 Å². The molecule has 0 N–H and O–H groups in total. The highest BCUT2D eigenvalue weighted by atomic mass is 16.1. The van der Waals surface area contributed by atoms with E-state index in [4.69, 9.17) is 0 Å². The van der Waals surface area contributed by atoms with Crippen LogP contribution in [0.2, 0.25) is 0 Å². The van der Waals surface area contributed by atoms with Gasteiger partial charge in [-0.3, -0.25) is 9.48 Å². The lowest BCUT2D eigenvalue weighted by Gasteiger charge is -2.00. The van der Waals surface area contributed by atoms with Crippen molar-refractivity contribution in [3.8, 4) is 0 Å². The molecular formula is C17H24N2O.